The van der Waals surface area contributed by atoms with Gasteiger partial charge in [-0.15, -0.1) is 0 Å². The van der Waals surface area contributed by atoms with Crippen molar-refractivity contribution in [3.63, 3.8) is 0 Å². The summed E-state index contributed by atoms with van der Waals surface area (Å²) < 4.78 is 0. The van der Waals surface area contributed by atoms with Crippen LogP contribution in [-0.4, -0.2) is 9.97 Å². The second-order valence-electron chi connectivity index (χ2n) is 3.95. The monoisotopic (exact) mass is 256 g/mol. The molecule has 0 aliphatic heterocycles. The van der Waals surface area contributed by atoms with E-state index in [4.69, 9.17) is 11.6 Å². The molecule has 0 saturated heterocycles. The first-order valence-electron chi connectivity index (χ1n) is 5.47. The SMILES string of the molecule is O=c1cc(-c2cnccc2Cl)[nH]c2ccccc12. The summed E-state index contributed by atoms with van der Waals surface area (Å²) in [6.07, 6.45) is 3.26. The molecule has 18 heavy (non-hydrogen) atoms. The van der Waals surface area contributed by atoms with Gasteiger partial charge < -0.3 is 4.98 Å². The van der Waals surface area contributed by atoms with Crippen LogP contribution in [0.4, 0.5) is 0 Å². The summed E-state index contributed by atoms with van der Waals surface area (Å²) >= 11 is 6.10. The second kappa shape index (κ2) is 4.27. The molecule has 3 rings (SSSR count). The lowest BCUT2D eigenvalue weighted by atomic mass is 10.1. The van der Waals surface area contributed by atoms with Gasteiger partial charge in [-0.3, -0.25) is 9.78 Å². The highest BCUT2D eigenvalue weighted by atomic mass is 35.5. The zero-order chi connectivity index (χ0) is 12.5. The average molecular weight is 257 g/mol. The first kappa shape index (κ1) is 11.0. The van der Waals surface area contributed by atoms with Crippen LogP contribution in [0.25, 0.3) is 22.2 Å². The molecule has 0 amide bonds. The molecule has 0 spiro atoms. The number of pyridine rings is 2. The summed E-state index contributed by atoms with van der Waals surface area (Å²) in [4.78, 5) is 19.2. The van der Waals surface area contributed by atoms with Crippen LogP contribution in [-0.2, 0) is 0 Å². The smallest absolute Gasteiger partial charge is 0.190 e. The number of H-pyrrole nitrogens is 1. The van der Waals surface area contributed by atoms with Crippen molar-refractivity contribution >= 4 is 22.5 Å². The van der Waals surface area contributed by atoms with Crippen LogP contribution in [0.5, 0.6) is 0 Å². The Morgan fingerprint density at radius 2 is 2.00 bits per heavy atom. The van der Waals surface area contributed by atoms with Crippen molar-refractivity contribution in [2.75, 3.05) is 0 Å². The van der Waals surface area contributed by atoms with Gasteiger partial charge in [-0.05, 0) is 18.2 Å². The molecule has 0 atom stereocenters. The molecule has 1 aromatic carbocycles. The molecule has 0 bridgehead atoms. The minimum absolute atomic E-state index is 0.0285. The first-order valence-corrected chi connectivity index (χ1v) is 5.85. The summed E-state index contributed by atoms with van der Waals surface area (Å²) in [5.74, 6) is 0. The molecule has 3 aromatic rings. The van der Waals surface area contributed by atoms with E-state index in [9.17, 15) is 4.79 Å². The van der Waals surface area contributed by atoms with Crippen molar-refractivity contribution < 1.29 is 0 Å². The third kappa shape index (κ3) is 1.79. The van der Waals surface area contributed by atoms with Gasteiger partial charge in [0, 0.05) is 34.9 Å². The summed E-state index contributed by atoms with van der Waals surface area (Å²) in [6, 6.07) is 10.6. The van der Waals surface area contributed by atoms with Crippen molar-refractivity contribution in [3.05, 3.63) is 64.0 Å². The highest BCUT2D eigenvalue weighted by molar-refractivity contribution is 6.33. The number of fused-ring (bicyclic) bond motifs is 1. The fourth-order valence-electron chi connectivity index (χ4n) is 1.92. The van der Waals surface area contributed by atoms with Gasteiger partial charge in [-0.25, -0.2) is 0 Å². The second-order valence-corrected chi connectivity index (χ2v) is 4.36. The highest BCUT2D eigenvalue weighted by Crippen LogP contribution is 2.25. The van der Waals surface area contributed by atoms with E-state index in [1.54, 1.807) is 30.6 Å². The molecule has 1 N–H and O–H groups in total. The number of aromatic amines is 1. The first-order chi connectivity index (χ1) is 8.75. The van der Waals surface area contributed by atoms with Gasteiger partial charge in [-0.2, -0.15) is 0 Å². The fraction of sp³-hybridized carbons (Fsp3) is 0. The molecule has 3 nitrogen and oxygen atoms in total. The van der Waals surface area contributed by atoms with Crippen LogP contribution in [0, 0.1) is 0 Å². The Hall–Kier alpha value is -2.13. The van der Waals surface area contributed by atoms with Crippen LogP contribution in [0.2, 0.25) is 5.02 Å². The van der Waals surface area contributed by atoms with Gasteiger partial charge in [-0.1, -0.05) is 23.7 Å². The van der Waals surface area contributed by atoms with Crippen LogP contribution in [0.3, 0.4) is 0 Å². The van der Waals surface area contributed by atoms with Crippen LogP contribution < -0.4 is 5.43 Å². The lowest BCUT2D eigenvalue weighted by Gasteiger charge is -2.05. The molecular formula is C14H9ClN2O. The Labute approximate surface area is 108 Å². The quantitative estimate of drug-likeness (QED) is 0.726. The number of benzene rings is 1. The fourth-order valence-corrected chi connectivity index (χ4v) is 2.12. The van der Waals surface area contributed by atoms with E-state index in [0.29, 0.717) is 16.1 Å². The largest absolute Gasteiger partial charge is 0.354 e. The van der Waals surface area contributed by atoms with Crippen molar-refractivity contribution in [1.82, 2.24) is 9.97 Å². The minimum Gasteiger partial charge on any atom is -0.354 e. The molecule has 88 valence electrons. The Balaban J connectivity index is 2.32. The predicted molar refractivity (Wildman–Crippen MR) is 72.8 cm³/mol. The van der Waals surface area contributed by atoms with E-state index in [-0.39, 0.29) is 5.43 Å². The normalized spacial score (nSPS) is 10.7. The molecule has 0 aliphatic rings. The van der Waals surface area contributed by atoms with Crippen molar-refractivity contribution in [1.29, 1.82) is 0 Å². The zero-order valence-electron chi connectivity index (χ0n) is 9.35. The molecule has 2 aromatic heterocycles. The van der Waals surface area contributed by atoms with Crippen molar-refractivity contribution in [3.8, 4) is 11.3 Å². The van der Waals surface area contributed by atoms with Gasteiger partial charge in [0.2, 0.25) is 0 Å². The lowest BCUT2D eigenvalue weighted by Crippen LogP contribution is -2.02. The van der Waals surface area contributed by atoms with E-state index in [1.807, 2.05) is 18.2 Å². The van der Waals surface area contributed by atoms with E-state index in [1.165, 1.54) is 0 Å². The van der Waals surface area contributed by atoms with Gasteiger partial charge in [0.25, 0.3) is 0 Å². The molecule has 4 heteroatoms. The topological polar surface area (TPSA) is 45.8 Å². The van der Waals surface area contributed by atoms with Gasteiger partial charge >= 0.3 is 0 Å². The van der Waals surface area contributed by atoms with E-state index >= 15 is 0 Å². The Kier molecular flexibility index (Phi) is 2.61. The molecule has 0 aliphatic carbocycles. The van der Waals surface area contributed by atoms with Crippen molar-refractivity contribution in [2.24, 2.45) is 0 Å². The van der Waals surface area contributed by atoms with Crippen LogP contribution >= 0.6 is 11.6 Å². The average Bonchev–Trinajstić information content (AvgIpc) is 2.39. The molecule has 2 heterocycles. The Morgan fingerprint density at radius 3 is 2.83 bits per heavy atom. The standard InChI is InChI=1S/C14H9ClN2O/c15-11-5-6-16-8-10(11)13-7-14(18)9-3-1-2-4-12(9)17-13/h1-8H,(H,17,18). The molecule has 0 unspecified atom stereocenters. The van der Waals surface area contributed by atoms with Crippen molar-refractivity contribution in [2.45, 2.75) is 0 Å². The third-order valence-electron chi connectivity index (χ3n) is 2.80. The number of rotatable bonds is 1. The highest BCUT2D eigenvalue weighted by Gasteiger charge is 2.06. The maximum atomic E-state index is 12.0. The summed E-state index contributed by atoms with van der Waals surface area (Å²) in [7, 11) is 0. The molecule has 0 radical (unpaired) electrons. The number of nitrogens with one attached hydrogen (secondary N) is 1. The Bertz CT molecular complexity index is 780. The minimum atomic E-state index is -0.0285. The summed E-state index contributed by atoms with van der Waals surface area (Å²) in [5.41, 5.74) is 2.16. The van der Waals surface area contributed by atoms with Gasteiger partial charge in [0.15, 0.2) is 5.43 Å². The maximum Gasteiger partial charge on any atom is 0.190 e. The number of hydrogen-bond acceptors (Lipinski definition) is 2. The van der Waals surface area contributed by atoms with Crippen LogP contribution in [0.1, 0.15) is 0 Å². The summed E-state index contributed by atoms with van der Waals surface area (Å²) in [6.45, 7) is 0. The lowest BCUT2D eigenvalue weighted by molar-refractivity contribution is 1.30. The van der Waals surface area contributed by atoms with Gasteiger partial charge in [0.1, 0.15) is 0 Å². The van der Waals surface area contributed by atoms with Gasteiger partial charge in [0.05, 0.1) is 10.7 Å². The molecule has 0 fully saturated rings. The number of halogens is 1. The number of nitrogens with zero attached hydrogens (tertiary/aromatic N) is 1. The number of para-hydroxylation sites is 1. The Morgan fingerprint density at radius 1 is 1.17 bits per heavy atom. The van der Waals surface area contributed by atoms with Crippen LogP contribution in [0.15, 0.2) is 53.6 Å². The predicted octanol–water partition coefficient (Wildman–Crippen LogP) is 3.24. The van der Waals surface area contributed by atoms with E-state index in [2.05, 4.69) is 9.97 Å². The number of hydrogen-bond donors (Lipinski definition) is 1. The molecular weight excluding hydrogens is 248 g/mol. The van der Waals surface area contributed by atoms with E-state index < -0.39 is 0 Å². The number of aromatic nitrogens is 2. The maximum absolute atomic E-state index is 12.0. The van der Waals surface area contributed by atoms with E-state index in [0.717, 1.165) is 11.1 Å². The zero-order valence-corrected chi connectivity index (χ0v) is 10.1. The summed E-state index contributed by atoms with van der Waals surface area (Å²) in [5, 5.41) is 1.23. The molecule has 0 saturated carbocycles. The third-order valence-corrected chi connectivity index (χ3v) is 3.12.